The lowest BCUT2D eigenvalue weighted by molar-refractivity contribution is 0.441. The van der Waals surface area contributed by atoms with E-state index in [0.717, 1.165) is 25.1 Å². The fourth-order valence-corrected chi connectivity index (χ4v) is 4.17. The van der Waals surface area contributed by atoms with Gasteiger partial charge in [-0.1, -0.05) is 13.0 Å². The van der Waals surface area contributed by atoms with Gasteiger partial charge in [-0.15, -0.1) is 11.3 Å². The summed E-state index contributed by atoms with van der Waals surface area (Å²) in [5.74, 6) is 1.12. The van der Waals surface area contributed by atoms with E-state index in [4.69, 9.17) is 10.7 Å². The van der Waals surface area contributed by atoms with Crippen molar-refractivity contribution in [3.8, 4) is 0 Å². The summed E-state index contributed by atoms with van der Waals surface area (Å²) in [6.45, 7) is 4.30. The van der Waals surface area contributed by atoms with Gasteiger partial charge in [0.1, 0.15) is 5.82 Å². The van der Waals surface area contributed by atoms with Crippen molar-refractivity contribution in [2.45, 2.75) is 58.0 Å². The molecule has 3 nitrogen and oxygen atoms in total. The first kappa shape index (κ1) is 13.8. The second kappa shape index (κ2) is 5.70. The first-order valence-corrected chi connectivity index (χ1v) is 8.46. The number of thiophene rings is 1. The molecule has 0 fully saturated rings. The third kappa shape index (κ3) is 2.31. The van der Waals surface area contributed by atoms with Gasteiger partial charge in [-0.2, -0.15) is 0 Å². The molecule has 2 atom stereocenters. The molecule has 20 heavy (non-hydrogen) atoms. The Morgan fingerprint density at radius 3 is 2.90 bits per heavy atom. The minimum atomic E-state index is 0.146. The molecule has 0 amide bonds. The predicted octanol–water partition coefficient (Wildman–Crippen LogP) is 3.46. The maximum Gasteiger partial charge on any atom is 0.106 e. The van der Waals surface area contributed by atoms with Crippen LogP contribution in [0.2, 0.25) is 0 Å². The van der Waals surface area contributed by atoms with Crippen molar-refractivity contribution in [2.24, 2.45) is 5.73 Å². The van der Waals surface area contributed by atoms with Crippen molar-refractivity contribution in [1.82, 2.24) is 9.55 Å². The Hall–Kier alpha value is -1.13. The van der Waals surface area contributed by atoms with E-state index in [1.165, 1.54) is 29.1 Å². The summed E-state index contributed by atoms with van der Waals surface area (Å²) in [5.41, 5.74) is 9.19. The lowest BCUT2D eigenvalue weighted by Gasteiger charge is -2.27. The number of nitrogens with zero attached hydrogens (tertiary/aromatic N) is 2. The van der Waals surface area contributed by atoms with E-state index in [1.807, 2.05) is 0 Å². The lowest BCUT2D eigenvalue weighted by Crippen LogP contribution is -2.33. The molecule has 3 rings (SSSR count). The van der Waals surface area contributed by atoms with E-state index in [-0.39, 0.29) is 12.1 Å². The topological polar surface area (TPSA) is 43.8 Å². The Morgan fingerprint density at radius 2 is 2.20 bits per heavy atom. The van der Waals surface area contributed by atoms with E-state index < -0.39 is 0 Å². The third-order valence-electron chi connectivity index (χ3n) is 4.34. The zero-order chi connectivity index (χ0) is 14.1. The van der Waals surface area contributed by atoms with Gasteiger partial charge in [0.15, 0.2) is 0 Å². The highest BCUT2D eigenvalue weighted by molar-refractivity contribution is 7.10. The predicted molar refractivity (Wildman–Crippen MR) is 84.3 cm³/mol. The molecule has 2 heterocycles. The average Bonchev–Trinajstić information content (AvgIpc) is 3.08. The molecular weight excluding hydrogens is 266 g/mol. The first-order valence-electron chi connectivity index (χ1n) is 7.58. The second-order valence-electron chi connectivity index (χ2n) is 5.66. The Labute approximate surface area is 124 Å². The highest BCUT2D eigenvalue weighted by Gasteiger charge is 2.28. The third-order valence-corrected chi connectivity index (χ3v) is 5.28. The summed E-state index contributed by atoms with van der Waals surface area (Å²) in [5, 5.41) is 2.14. The van der Waals surface area contributed by atoms with Gasteiger partial charge in [-0.25, -0.2) is 4.98 Å². The quantitative estimate of drug-likeness (QED) is 0.936. The molecule has 0 saturated heterocycles. The van der Waals surface area contributed by atoms with Crippen molar-refractivity contribution in [3.63, 3.8) is 0 Å². The van der Waals surface area contributed by atoms with Crippen LogP contribution in [0.5, 0.6) is 0 Å². The summed E-state index contributed by atoms with van der Waals surface area (Å²) >= 11 is 1.80. The molecule has 108 valence electrons. The van der Waals surface area contributed by atoms with Gasteiger partial charge < -0.3 is 10.3 Å². The number of aryl methyl sites for hydroxylation is 2. The normalized spacial score (nSPS) is 17.8. The molecule has 0 aromatic carbocycles. The van der Waals surface area contributed by atoms with Crippen LogP contribution in [0, 0.1) is 6.92 Å². The maximum atomic E-state index is 6.46. The number of fused-ring (bicyclic) bond motifs is 1. The molecule has 1 aliphatic rings. The zero-order valence-corrected chi connectivity index (χ0v) is 13.1. The lowest BCUT2D eigenvalue weighted by atomic mass is 9.98. The summed E-state index contributed by atoms with van der Waals surface area (Å²) in [6, 6.07) is 4.72. The molecule has 2 aromatic heterocycles. The van der Waals surface area contributed by atoms with Gasteiger partial charge in [0.25, 0.3) is 0 Å². The molecule has 2 aromatic rings. The SMILES string of the molecule is CCC(N)C(c1cccs1)n1c(C)nc2c1CCCC2. The van der Waals surface area contributed by atoms with E-state index in [0.29, 0.717) is 0 Å². The highest BCUT2D eigenvalue weighted by Crippen LogP contribution is 2.33. The van der Waals surface area contributed by atoms with Gasteiger partial charge in [-0.05, 0) is 50.5 Å². The molecule has 4 heteroatoms. The second-order valence-corrected chi connectivity index (χ2v) is 6.64. The monoisotopic (exact) mass is 289 g/mol. The minimum absolute atomic E-state index is 0.146. The fraction of sp³-hybridized carbons (Fsp3) is 0.562. The van der Waals surface area contributed by atoms with Gasteiger partial charge >= 0.3 is 0 Å². The molecule has 1 aliphatic carbocycles. The molecule has 0 aliphatic heterocycles. The van der Waals surface area contributed by atoms with Crippen molar-refractivity contribution in [3.05, 3.63) is 39.6 Å². The average molecular weight is 289 g/mol. The molecule has 0 saturated carbocycles. The van der Waals surface area contributed by atoms with Crippen LogP contribution in [0.4, 0.5) is 0 Å². The number of aromatic nitrogens is 2. The Morgan fingerprint density at radius 1 is 1.40 bits per heavy atom. The van der Waals surface area contributed by atoms with Crippen molar-refractivity contribution in [2.75, 3.05) is 0 Å². The number of rotatable bonds is 4. The molecule has 2 unspecified atom stereocenters. The van der Waals surface area contributed by atoms with Crippen LogP contribution >= 0.6 is 11.3 Å². The van der Waals surface area contributed by atoms with E-state index in [9.17, 15) is 0 Å². The minimum Gasteiger partial charge on any atom is -0.326 e. The van der Waals surface area contributed by atoms with Crippen LogP contribution in [0.15, 0.2) is 17.5 Å². The van der Waals surface area contributed by atoms with Crippen molar-refractivity contribution < 1.29 is 0 Å². The first-order chi connectivity index (χ1) is 9.72. The van der Waals surface area contributed by atoms with Gasteiger partial charge in [0, 0.05) is 16.6 Å². The van der Waals surface area contributed by atoms with Crippen LogP contribution in [-0.2, 0) is 12.8 Å². The number of hydrogen-bond donors (Lipinski definition) is 1. The Kier molecular flexibility index (Phi) is 3.94. The highest BCUT2D eigenvalue weighted by atomic mass is 32.1. The molecule has 0 radical (unpaired) electrons. The van der Waals surface area contributed by atoms with Gasteiger partial charge in [0.05, 0.1) is 11.7 Å². The standard InChI is InChI=1S/C16H23N3S/c1-3-12(17)16(15-9-6-10-20-15)19-11(2)18-13-7-4-5-8-14(13)19/h6,9-10,12,16H,3-5,7-8,17H2,1-2H3. The summed E-state index contributed by atoms with van der Waals surface area (Å²) in [4.78, 5) is 6.17. The molecule has 2 N–H and O–H groups in total. The Bertz CT molecular complexity index is 571. The number of nitrogens with two attached hydrogens (primary N) is 1. The number of hydrogen-bond acceptors (Lipinski definition) is 3. The molecule has 0 bridgehead atoms. The smallest absolute Gasteiger partial charge is 0.106 e. The van der Waals surface area contributed by atoms with E-state index >= 15 is 0 Å². The largest absolute Gasteiger partial charge is 0.326 e. The summed E-state index contributed by atoms with van der Waals surface area (Å²) < 4.78 is 2.43. The zero-order valence-electron chi connectivity index (χ0n) is 12.3. The Balaban J connectivity index is 2.10. The van der Waals surface area contributed by atoms with Crippen molar-refractivity contribution in [1.29, 1.82) is 0 Å². The van der Waals surface area contributed by atoms with Crippen LogP contribution in [-0.4, -0.2) is 15.6 Å². The molecular formula is C16H23N3S. The van der Waals surface area contributed by atoms with E-state index in [1.54, 1.807) is 11.3 Å². The number of imidazole rings is 1. The van der Waals surface area contributed by atoms with Crippen LogP contribution in [0.1, 0.15) is 54.3 Å². The van der Waals surface area contributed by atoms with E-state index in [2.05, 4.69) is 35.9 Å². The van der Waals surface area contributed by atoms with Crippen LogP contribution in [0.3, 0.4) is 0 Å². The van der Waals surface area contributed by atoms with Gasteiger partial charge in [0.2, 0.25) is 0 Å². The van der Waals surface area contributed by atoms with Gasteiger partial charge in [-0.3, -0.25) is 0 Å². The van der Waals surface area contributed by atoms with Crippen LogP contribution < -0.4 is 5.73 Å². The fourth-order valence-electron chi connectivity index (χ4n) is 3.28. The van der Waals surface area contributed by atoms with Crippen LogP contribution in [0.25, 0.3) is 0 Å². The maximum absolute atomic E-state index is 6.46. The summed E-state index contributed by atoms with van der Waals surface area (Å²) in [7, 11) is 0. The van der Waals surface area contributed by atoms with Crippen molar-refractivity contribution >= 4 is 11.3 Å². The summed E-state index contributed by atoms with van der Waals surface area (Å²) in [6.07, 6.45) is 5.80. The molecule has 0 spiro atoms.